The van der Waals surface area contributed by atoms with Gasteiger partial charge >= 0.3 is 0 Å². The van der Waals surface area contributed by atoms with Gasteiger partial charge in [-0.05, 0) is 38.8 Å². The molecule has 0 bridgehead atoms. The van der Waals surface area contributed by atoms with Gasteiger partial charge in [0.2, 0.25) is 5.91 Å². The van der Waals surface area contributed by atoms with E-state index in [1.165, 1.54) is 5.56 Å². The molecule has 1 saturated heterocycles. The number of carbonyl (C=O) groups excluding carboxylic acids is 1. The normalized spacial score (nSPS) is 16.3. The summed E-state index contributed by atoms with van der Waals surface area (Å²) in [5, 5.41) is 13.3. The standard InChI is InChI=1S/C25H31N5OS/c1-19-11-13-21(14-12-19)24-27-28-25(30(24)22-8-4-3-5-9-22)32-17-7-6-10-23(31)29-16-15-26-20(2)18-29/h3-5,8-9,11-14,20,26H,6-7,10,15-18H2,1-2H3. The van der Waals surface area contributed by atoms with Crippen molar-refractivity contribution in [3.05, 3.63) is 60.2 Å². The number of aromatic nitrogens is 3. The molecule has 0 spiro atoms. The van der Waals surface area contributed by atoms with E-state index >= 15 is 0 Å². The molecular formula is C25H31N5OS. The number of nitrogens with zero attached hydrogens (tertiary/aromatic N) is 4. The molecular weight excluding hydrogens is 418 g/mol. The fourth-order valence-electron chi connectivity index (χ4n) is 3.92. The third-order valence-electron chi connectivity index (χ3n) is 5.70. The van der Waals surface area contributed by atoms with Crippen molar-refractivity contribution in [3.63, 3.8) is 0 Å². The topological polar surface area (TPSA) is 63.1 Å². The molecule has 1 N–H and O–H groups in total. The van der Waals surface area contributed by atoms with Crippen molar-refractivity contribution < 1.29 is 4.79 Å². The van der Waals surface area contributed by atoms with Crippen LogP contribution < -0.4 is 5.32 Å². The van der Waals surface area contributed by atoms with E-state index in [4.69, 9.17) is 0 Å². The third-order valence-corrected chi connectivity index (χ3v) is 6.71. The number of amides is 1. The van der Waals surface area contributed by atoms with Crippen LogP contribution in [0, 0.1) is 6.92 Å². The van der Waals surface area contributed by atoms with Crippen LogP contribution in [0.15, 0.2) is 59.8 Å². The number of nitrogens with one attached hydrogen (secondary N) is 1. The van der Waals surface area contributed by atoms with Crippen LogP contribution >= 0.6 is 11.8 Å². The predicted molar refractivity (Wildman–Crippen MR) is 130 cm³/mol. The maximum Gasteiger partial charge on any atom is 0.222 e. The molecule has 0 saturated carbocycles. The second-order valence-electron chi connectivity index (χ2n) is 8.34. The number of para-hydroxylation sites is 1. The number of aryl methyl sites for hydroxylation is 1. The largest absolute Gasteiger partial charge is 0.340 e. The van der Waals surface area contributed by atoms with E-state index in [9.17, 15) is 4.79 Å². The number of carbonyl (C=O) groups is 1. The van der Waals surface area contributed by atoms with Gasteiger partial charge in [-0.2, -0.15) is 0 Å². The van der Waals surface area contributed by atoms with E-state index in [2.05, 4.69) is 70.3 Å². The molecule has 1 fully saturated rings. The summed E-state index contributed by atoms with van der Waals surface area (Å²) in [4.78, 5) is 14.5. The zero-order valence-electron chi connectivity index (χ0n) is 18.8. The average molecular weight is 450 g/mol. The molecule has 2 heterocycles. The van der Waals surface area contributed by atoms with Crippen LogP contribution in [-0.2, 0) is 4.79 Å². The molecule has 0 radical (unpaired) electrons. The summed E-state index contributed by atoms with van der Waals surface area (Å²) in [5.41, 5.74) is 3.33. The summed E-state index contributed by atoms with van der Waals surface area (Å²) >= 11 is 1.70. The number of benzene rings is 2. The minimum atomic E-state index is 0.275. The Balaban J connectivity index is 1.38. The van der Waals surface area contributed by atoms with Gasteiger partial charge in [0, 0.05) is 49.1 Å². The van der Waals surface area contributed by atoms with Crippen molar-refractivity contribution in [3.8, 4) is 17.1 Å². The van der Waals surface area contributed by atoms with Gasteiger partial charge < -0.3 is 10.2 Å². The molecule has 0 aliphatic carbocycles. The van der Waals surface area contributed by atoms with E-state index in [-0.39, 0.29) is 5.91 Å². The molecule has 3 aromatic rings. The van der Waals surface area contributed by atoms with Gasteiger partial charge in [0.1, 0.15) is 0 Å². The lowest BCUT2D eigenvalue weighted by atomic mass is 10.1. The Morgan fingerprint density at radius 3 is 2.62 bits per heavy atom. The second kappa shape index (κ2) is 10.8. The fourth-order valence-corrected chi connectivity index (χ4v) is 4.87. The highest BCUT2D eigenvalue weighted by Gasteiger charge is 2.20. The molecule has 6 nitrogen and oxygen atoms in total. The van der Waals surface area contributed by atoms with Crippen molar-refractivity contribution in [2.75, 3.05) is 25.4 Å². The lowest BCUT2D eigenvalue weighted by Crippen LogP contribution is -2.51. The number of piperazine rings is 1. The van der Waals surface area contributed by atoms with Crippen LogP contribution in [0.25, 0.3) is 17.1 Å². The highest BCUT2D eigenvalue weighted by atomic mass is 32.2. The quantitative estimate of drug-likeness (QED) is 0.410. The Morgan fingerprint density at radius 2 is 1.88 bits per heavy atom. The van der Waals surface area contributed by atoms with Gasteiger partial charge in [-0.1, -0.05) is 59.8 Å². The molecule has 1 unspecified atom stereocenters. The van der Waals surface area contributed by atoms with Crippen molar-refractivity contribution in [2.24, 2.45) is 0 Å². The highest BCUT2D eigenvalue weighted by Crippen LogP contribution is 2.28. The summed E-state index contributed by atoms with van der Waals surface area (Å²) in [6.45, 7) is 6.74. The Hall–Kier alpha value is -2.64. The number of hydrogen-bond donors (Lipinski definition) is 1. The van der Waals surface area contributed by atoms with Crippen LogP contribution in [0.4, 0.5) is 0 Å². The Morgan fingerprint density at radius 1 is 1.09 bits per heavy atom. The molecule has 168 valence electrons. The van der Waals surface area contributed by atoms with Gasteiger partial charge in [-0.3, -0.25) is 9.36 Å². The van der Waals surface area contributed by atoms with Crippen LogP contribution in [-0.4, -0.2) is 57.0 Å². The van der Waals surface area contributed by atoms with Crippen molar-refractivity contribution in [1.82, 2.24) is 25.0 Å². The Kier molecular flexibility index (Phi) is 7.60. The summed E-state index contributed by atoms with van der Waals surface area (Å²) < 4.78 is 2.13. The smallest absolute Gasteiger partial charge is 0.222 e. The minimum absolute atomic E-state index is 0.275. The summed E-state index contributed by atoms with van der Waals surface area (Å²) in [7, 11) is 0. The maximum atomic E-state index is 12.5. The van der Waals surface area contributed by atoms with Crippen LogP contribution in [0.5, 0.6) is 0 Å². The van der Waals surface area contributed by atoms with Gasteiger partial charge in [-0.25, -0.2) is 0 Å². The van der Waals surface area contributed by atoms with Crippen molar-refractivity contribution >= 4 is 17.7 Å². The average Bonchev–Trinajstić information content (AvgIpc) is 3.23. The third kappa shape index (κ3) is 5.58. The maximum absolute atomic E-state index is 12.5. The number of thioether (sulfide) groups is 1. The zero-order valence-corrected chi connectivity index (χ0v) is 19.6. The lowest BCUT2D eigenvalue weighted by molar-refractivity contribution is -0.132. The van der Waals surface area contributed by atoms with Gasteiger partial charge in [0.25, 0.3) is 0 Å². The van der Waals surface area contributed by atoms with E-state index in [0.717, 1.165) is 60.5 Å². The molecule has 7 heteroatoms. The van der Waals surface area contributed by atoms with Crippen LogP contribution in [0.1, 0.15) is 31.7 Å². The van der Waals surface area contributed by atoms with Crippen molar-refractivity contribution in [2.45, 2.75) is 44.3 Å². The summed E-state index contributed by atoms with van der Waals surface area (Å²) in [6.07, 6.45) is 2.49. The number of unbranched alkanes of at least 4 members (excludes halogenated alkanes) is 1. The van der Waals surface area contributed by atoms with Crippen molar-refractivity contribution in [1.29, 1.82) is 0 Å². The SMILES string of the molecule is Cc1ccc(-c2nnc(SCCCCC(=O)N3CCNC(C)C3)n2-c2ccccc2)cc1. The number of hydrogen-bond acceptors (Lipinski definition) is 5. The Bertz CT molecular complexity index is 1020. The molecule has 2 aromatic carbocycles. The predicted octanol–water partition coefficient (Wildman–Crippen LogP) is 4.33. The second-order valence-corrected chi connectivity index (χ2v) is 9.41. The van der Waals surface area contributed by atoms with Crippen LogP contribution in [0.3, 0.4) is 0 Å². The highest BCUT2D eigenvalue weighted by molar-refractivity contribution is 7.99. The summed E-state index contributed by atoms with van der Waals surface area (Å²) in [6, 6.07) is 19.0. The van der Waals surface area contributed by atoms with Gasteiger partial charge in [-0.15, -0.1) is 10.2 Å². The molecule has 32 heavy (non-hydrogen) atoms. The molecule has 1 amide bonds. The molecule has 1 aliphatic heterocycles. The molecule has 4 rings (SSSR count). The van der Waals surface area contributed by atoms with Gasteiger partial charge in [0.05, 0.1) is 0 Å². The fraction of sp³-hybridized carbons (Fsp3) is 0.400. The molecule has 1 aliphatic rings. The number of rotatable bonds is 8. The first-order chi connectivity index (χ1) is 15.6. The minimum Gasteiger partial charge on any atom is -0.340 e. The van der Waals surface area contributed by atoms with E-state index in [1.54, 1.807) is 11.8 Å². The zero-order chi connectivity index (χ0) is 22.3. The van der Waals surface area contributed by atoms with E-state index < -0.39 is 0 Å². The summed E-state index contributed by atoms with van der Waals surface area (Å²) in [5.74, 6) is 2.03. The monoisotopic (exact) mass is 449 g/mol. The molecule has 1 aromatic heterocycles. The Labute approximate surface area is 194 Å². The van der Waals surface area contributed by atoms with Gasteiger partial charge in [0.15, 0.2) is 11.0 Å². The van der Waals surface area contributed by atoms with E-state index in [1.807, 2.05) is 23.1 Å². The first-order valence-corrected chi connectivity index (χ1v) is 12.3. The first-order valence-electron chi connectivity index (χ1n) is 11.3. The first kappa shape index (κ1) is 22.6. The lowest BCUT2D eigenvalue weighted by Gasteiger charge is -2.32. The molecule has 1 atom stereocenters. The van der Waals surface area contributed by atoms with E-state index in [0.29, 0.717) is 12.5 Å². The van der Waals surface area contributed by atoms with Crippen LogP contribution in [0.2, 0.25) is 0 Å².